The minimum atomic E-state index is -0.187. The van der Waals surface area contributed by atoms with Crippen molar-refractivity contribution in [2.45, 2.75) is 20.0 Å². The molecule has 0 saturated heterocycles. The first-order chi connectivity index (χ1) is 13.2. The van der Waals surface area contributed by atoms with Gasteiger partial charge in [-0.05, 0) is 35.9 Å². The van der Waals surface area contributed by atoms with Crippen molar-refractivity contribution < 1.29 is 14.3 Å². The average molecular weight is 367 g/mol. The van der Waals surface area contributed by atoms with E-state index in [-0.39, 0.29) is 12.5 Å². The van der Waals surface area contributed by atoms with Crippen LogP contribution in [0.5, 0.6) is 11.5 Å². The summed E-state index contributed by atoms with van der Waals surface area (Å²) in [5.41, 5.74) is 1.76. The molecule has 1 amide bonds. The van der Waals surface area contributed by atoms with E-state index in [0.29, 0.717) is 30.5 Å². The fourth-order valence-electron chi connectivity index (χ4n) is 2.49. The molecule has 0 fully saturated rings. The van der Waals surface area contributed by atoms with Crippen molar-refractivity contribution in [1.29, 1.82) is 0 Å². The predicted molar refractivity (Wildman–Crippen MR) is 99.3 cm³/mol. The fraction of sp³-hybridized carbons (Fsp3) is 0.263. The second-order valence-corrected chi connectivity index (χ2v) is 5.70. The molecular formula is C19H21N5O3. The third-order valence-corrected chi connectivity index (χ3v) is 3.79. The number of carbonyl (C=O) groups is 1. The van der Waals surface area contributed by atoms with E-state index in [2.05, 4.69) is 20.7 Å². The number of benzene rings is 2. The molecule has 8 nitrogen and oxygen atoms in total. The lowest BCUT2D eigenvalue weighted by molar-refractivity contribution is -0.122. The highest BCUT2D eigenvalue weighted by Gasteiger charge is 2.12. The van der Waals surface area contributed by atoms with E-state index >= 15 is 0 Å². The van der Waals surface area contributed by atoms with Crippen molar-refractivity contribution in [3.63, 3.8) is 0 Å². The Morgan fingerprint density at radius 3 is 2.70 bits per heavy atom. The van der Waals surface area contributed by atoms with Gasteiger partial charge in [0, 0.05) is 12.1 Å². The second-order valence-electron chi connectivity index (χ2n) is 5.70. The zero-order chi connectivity index (χ0) is 19.1. The Bertz CT molecular complexity index is 895. The zero-order valence-corrected chi connectivity index (χ0v) is 15.3. The van der Waals surface area contributed by atoms with Crippen LogP contribution < -0.4 is 14.8 Å². The Kier molecular flexibility index (Phi) is 5.98. The quantitative estimate of drug-likeness (QED) is 0.655. The molecule has 8 heteroatoms. The van der Waals surface area contributed by atoms with E-state index in [9.17, 15) is 4.79 Å². The number of carbonyl (C=O) groups excluding carboxylic acids is 1. The van der Waals surface area contributed by atoms with Crippen LogP contribution in [0.4, 0.5) is 0 Å². The maximum atomic E-state index is 12.1. The Balaban J connectivity index is 1.64. The lowest BCUT2D eigenvalue weighted by atomic mass is 10.2. The van der Waals surface area contributed by atoms with Gasteiger partial charge in [-0.25, -0.2) is 0 Å². The van der Waals surface area contributed by atoms with Gasteiger partial charge in [0.25, 0.3) is 0 Å². The number of hydrogen-bond acceptors (Lipinski definition) is 6. The zero-order valence-electron chi connectivity index (χ0n) is 15.3. The first kappa shape index (κ1) is 18.4. The van der Waals surface area contributed by atoms with Gasteiger partial charge in [0.2, 0.25) is 11.7 Å². The predicted octanol–water partition coefficient (Wildman–Crippen LogP) is 2.06. The van der Waals surface area contributed by atoms with Gasteiger partial charge in [0.15, 0.2) is 11.5 Å². The molecule has 27 heavy (non-hydrogen) atoms. The van der Waals surface area contributed by atoms with Crippen LogP contribution >= 0.6 is 0 Å². The third-order valence-electron chi connectivity index (χ3n) is 3.79. The molecular weight excluding hydrogens is 346 g/mol. The van der Waals surface area contributed by atoms with Crippen LogP contribution in [0.15, 0.2) is 48.5 Å². The van der Waals surface area contributed by atoms with Gasteiger partial charge in [-0.15, -0.1) is 10.2 Å². The first-order valence-electron chi connectivity index (χ1n) is 8.59. The molecule has 1 aromatic heterocycles. The molecule has 0 bridgehead atoms. The lowest BCUT2D eigenvalue weighted by Gasteiger charge is -2.09. The molecule has 0 aliphatic carbocycles. The van der Waals surface area contributed by atoms with Gasteiger partial charge >= 0.3 is 0 Å². The van der Waals surface area contributed by atoms with E-state index in [1.54, 1.807) is 19.2 Å². The third kappa shape index (κ3) is 4.81. The summed E-state index contributed by atoms with van der Waals surface area (Å²) in [5.74, 6) is 1.46. The maximum Gasteiger partial charge on any atom is 0.243 e. The van der Waals surface area contributed by atoms with Crippen LogP contribution in [0.1, 0.15) is 12.5 Å². The molecule has 0 spiro atoms. The number of nitrogens with zero attached hydrogens (tertiary/aromatic N) is 4. The van der Waals surface area contributed by atoms with Crippen molar-refractivity contribution in [1.82, 2.24) is 25.5 Å². The summed E-state index contributed by atoms with van der Waals surface area (Å²) in [7, 11) is 1.58. The van der Waals surface area contributed by atoms with Crippen LogP contribution in [-0.2, 0) is 17.9 Å². The van der Waals surface area contributed by atoms with E-state index in [0.717, 1.165) is 11.1 Å². The highest BCUT2D eigenvalue weighted by molar-refractivity contribution is 5.75. The van der Waals surface area contributed by atoms with Crippen LogP contribution in [-0.4, -0.2) is 39.8 Å². The molecule has 1 heterocycles. The minimum absolute atomic E-state index is 0.00565. The molecule has 0 aliphatic rings. The number of methoxy groups -OCH3 is 1. The lowest BCUT2D eigenvalue weighted by Crippen LogP contribution is -2.28. The van der Waals surface area contributed by atoms with Crippen molar-refractivity contribution in [2.75, 3.05) is 13.7 Å². The topological polar surface area (TPSA) is 91.2 Å². The van der Waals surface area contributed by atoms with Crippen molar-refractivity contribution in [3.8, 4) is 22.9 Å². The van der Waals surface area contributed by atoms with Crippen LogP contribution in [0.25, 0.3) is 11.4 Å². The van der Waals surface area contributed by atoms with Crippen LogP contribution in [0.2, 0.25) is 0 Å². The summed E-state index contributed by atoms with van der Waals surface area (Å²) < 4.78 is 10.8. The molecule has 0 unspecified atom stereocenters. The van der Waals surface area contributed by atoms with Crippen molar-refractivity contribution in [3.05, 3.63) is 54.1 Å². The van der Waals surface area contributed by atoms with Crippen LogP contribution in [0, 0.1) is 0 Å². The average Bonchev–Trinajstić information content (AvgIpc) is 3.16. The largest absolute Gasteiger partial charge is 0.493 e. The number of hydrogen-bond donors (Lipinski definition) is 1. The fourth-order valence-corrected chi connectivity index (χ4v) is 2.49. The summed E-state index contributed by atoms with van der Waals surface area (Å²) in [6, 6.07) is 15.1. The highest BCUT2D eigenvalue weighted by atomic mass is 16.5. The van der Waals surface area contributed by atoms with Crippen molar-refractivity contribution >= 4 is 5.91 Å². The standard InChI is InChI=1S/C19H21N5O3/c1-3-27-17-11-15(9-10-16(17)26-2)19-21-23-24(22-19)13-18(25)20-12-14-7-5-4-6-8-14/h4-11H,3,12-13H2,1-2H3,(H,20,25). The molecule has 3 aromatic rings. The molecule has 0 radical (unpaired) electrons. The Morgan fingerprint density at radius 2 is 1.96 bits per heavy atom. The molecule has 2 aromatic carbocycles. The number of nitrogens with one attached hydrogen (secondary N) is 1. The monoisotopic (exact) mass is 367 g/mol. The van der Waals surface area contributed by atoms with E-state index in [1.807, 2.05) is 43.3 Å². The van der Waals surface area contributed by atoms with Gasteiger partial charge < -0.3 is 14.8 Å². The first-order valence-corrected chi connectivity index (χ1v) is 8.59. The molecule has 0 atom stereocenters. The maximum absolute atomic E-state index is 12.1. The highest BCUT2D eigenvalue weighted by Crippen LogP contribution is 2.31. The number of tetrazole rings is 1. The Hall–Kier alpha value is -3.42. The van der Waals surface area contributed by atoms with Gasteiger partial charge in [0.05, 0.1) is 13.7 Å². The number of amides is 1. The minimum Gasteiger partial charge on any atom is -0.493 e. The Morgan fingerprint density at radius 1 is 1.15 bits per heavy atom. The second kappa shape index (κ2) is 8.79. The Labute approximate surface area is 157 Å². The normalized spacial score (nSPS) is 10.4. The summed E-state index contributed by atoms with van der Waals surface area (Å²) in [4.78, 5) is 13.3. The van der Waals surface area contributed by atoms with Gasteiger partial charge in [-0.2, -0.15) is 4.80 Å². The number of rotatable bonds is 8. The van der Waals surface area contributed by atoms with Gasteiger partial charge in [0.1, 0.15) is 6.54 Å². The molecule has 0 saturated carbocycles. The summed E-state index contributed by atoms with van der Waals surface area (Å²) in [6.07, 6.45) is 0. The smallest absolute Gasteiger partial charge is 0.243 e. The van der Waals surface area contributed by atoms with E-state index in [4.69, 9.17) is 9.47 Å². The molecule has 140 valence electrons. The van der Waals surface area contributed by atoms with Gasteiger partial charge in [-0.1, -0.05) is 30.3 Å². The van der Waals surface area contributed by atoms with E-state index in [1.165, 1.54) is 4.80 Å². The molecule has 3 rings (SSSR count). The van der Waals surface area contributed by atoms with Crippen molar-refractivity contribution in [2.24, 2.45) is 0 Å². The van der Waals surface area contributed by atoms with Crippen LogP contribution in [0.3, 0.4) is 0 Å². The van der Waals surface area contributed by atoms with Gasteiger partial charge in [-0.3, -0.25) is 4.79 Å². The molecule has 0 aliphatic heterocycles. The number of ether oxygens (including phenoxy) is 2. The SMILES string of the molecule is CCOc1cc(-c2nnn(CC(=O)NCc3ccccc3)n2)ccc1OC. The summed E-state index contributed by atoms with van der Waals surface area (Å²) in [6.45, 7) is 2.86. The van der Waals surface area contributed by atoms with E-state index < -0.39 is 0 Å². The summed E-state index contributed by atoms with van der Waals surface area (Å²) in [5, 5.41) is 15.1. The number of aromatic nitrogens is 4. The summed E-state index contributed by atoms with van der Waals surface area (Å²) >= 11 is 0. The molecule has 1 N–H and O–H groups in total.